The molecule has 5 saturated carbocycles. The first-order chi connectivity index (χ1) is 30.7. The molecule has 8 rings (SSSR count). The summed E-state index contributed by atoms with van der Waals surface area (Å²) in [5.41, 5.74) is 1.18. The predicted molar refractivity (Wildman–Crippen MR) is 253 cm³/mol. The number of benzene rings is 2. The number of ether oxygens (including phenoxy) is 2. The molecule has 1 spiro atoms. The lowest BCUT2D eigenvalue weighted by Gasteiger charge is -2.70. The molecular formula is C57H82O7. The van der Waals surface area contributed by atoms with Gasteiger partial charge in [0.15, 0.2) is 0 Å². The molecule has 0 amide bonds. The summed E-state index contributed by atoms with van der Waals surface area (Å²) in [5.74, 6) is -0.130. The van der Waals surface area contributed by atoms with Gasteiger partial charge in [-0.3, -0.25) is 4.79 Å². The van der Waals surface area contributed by atoms with Crippen molar-refractivity contribution in [3.63, 3.8) is 0 Å². The normalized spacial score (nSPS) is 37.0. The molecule has 0 bridgehead atoms. The van der Waals surface area contributed by atoms with Gasteiger partial charge in [0.2, 0.25) is 0 Å². The predicted octanol–water partition coefficient (Wildman–Crippen LogP) is 11.8. The summed E-state index contributed by atoms with van der Waals surface area (Å²) < 4.78 is 11.7. The van der Waals surface area contributed by atoms with Gasteiger partial charge in [-0.25, -0.2) is 4.79 Å². The molecule has 2 aromatic rings. The molecule has 1 aliphatic heterocycles. The molecular weight excluding hydrogens is 797 g/mol. The maximum atomic E-state index is 13.7. The fourth-order valence-corrected chi connectivity index (χ4v) is 16.0. The summed E-state index contributed by atoms with van der Waals surface area (Å²) in [6, 6.07) is 22.0. The van der Waals surface area contributed by atoms with Gasteiger partial charge in [-0.1, -0.05) is 107 Å². The Hall–Kier alpha value is -3.00. The van der Waals surface area contributed by atoms with Crippen molar-refractivity contribution < 1.29 is 34.4 Å². The largest absolute Gasteiger partial charge is 0.462 e. The lowest BCUT2D eigenvalue weighted by Crippen LogP contribution is -2.77. The van der Waals surface area contributed by atoms with Crippen molar-refractivity contribution in [2.24, 2.45) is 45.8 Å². The van der Waals surface area contributed by atoms with E-state index in [9.17, 15) is 24.9 Å². The molecule has 0 aromatic heterocycles. The van der Waals surface area contributed by atoms with Crippen molar-refractivity contribution in [3.05, 3.63) is 83.4 Å². The number of hydrogen-bond acceptors (Lipinski definition) is 7. The molecule has 2 aromatic carbocycles. The van der Waals surface area contributed by atoms with Crippen LogP contribution in [0.25, 0.3) is 0 Å². The number of cyclic esters (lactones) is 1. The SMILES string of the molecule is CC(=O)O[C@@H]1C[C@@H](C)[C@](O)(CCC2=CC(=O)OC2)[C@]2([C@@H](O)CC[C@H](C)CCCc3ccccc3)[C@@H]1[C@](C)(C1CCC3(CC1)CC[C@@H](CC1(c4ccccc4)CCCCC1)C3)CC[C@@H]2O. The minimum Gasteiger partial charge on any atom is -0.462 e. The number of aliphatic hydroxyl groups is 3. The smallest absolute Gasteiger partial charge is 0.331 e. The van der Waals surface area contributed by atoms with Crippen LogP contribution in [0.2, 0.25) is 0 Å². The highest BCUT2D eigenvalue weighted by atomic mass is 16.5. The van der Waals surface area contributed by atoms with Crippen LogP contribution < -0.4 is 0 Å². The van der Waals surface area contributed by atoms with Gasteiger partial charge in [-0.05, 0) is 179 Å². The zero-order valence-corrected chi connectivity index (χ0v) is 39.9. The molecule has 352 valence electrons. The Morgan fingerprint density at radius 3 is 2.23 bits per heavy atom. The summed E-state index contributed by atoms with van der Waals surface area (Å²) in [4.78, 5) is 25.3. The number of carbonyl (C=O) groups is 2. The second-order valence-corrected chi connectivity index (χ2v) is 23.0. The Bertz CT molecular complexity index is 1900. The molecule has 5 fully saturated rings. The Labute approximate surface area is 385 Å². The third-order valence-electron chi connectivity index (χ3n) is 19.3. The second kappa shape index (κ2) is 19.7. The molecule has 64 heavy (non-hydrogen) atoms. The zero-order chi connectivity index (χ0) is 45.2. The van der Waals surface area contributed by atoms with Crippen molar-refractivity contribution in [2.45, 2.75) is 205 Å². The third kappa shape index (κ3) is 9.31. The second-order valence-electron chi connectivity index (χ2n) is 23.0. The average Bonchev–Trinajstić information content (AvgIpc) is 3.90. The minimum atomic E-state index is -1.49. The summed E-state index contributed by atoms with van der Waals surface area (Å²) in [6.45, 7) is 8.35. The van der Waals surface area contributed by atoms with Crippen LogP contribution in [0.4, 0.5) is 0 Å². The molecule has 1 heterocycles. The van der Waals surface area contributed by atoms with E-state index in [1.54, 1.807) is 11.6 Å². The Kier molecular flexibility index (Phi) is 14.6. The first-order valence-corrected chi connectivity index (χ1v) is 25.9. The van der Waals surface area contributed by atoms with Crippen molar-refractivity contribution in [1.29, 1.82) is 0 Å². The van der Waals surface area contributed by atoms with Crippen LogP contribution in [-0.2, 0) is 30.9 Å². The molecule has 5 aliphatic carbocycles. The maximum Gasteiger partial charge on any atom is 0.331 e. The lowest BCUT2D eigenvalue weighted by molar-refractivity contribution is -0.327. The van der Waals surface area contributed by atoms with Crippen molar-refractivity contribution in [1.82, 2.24) is 0 Å². The summed E-state index contributed by atoms with van der Waals surface area (Å²) in [7, 11) is 0. The average molecular weight is 879 g/mol. The molecule has 7 nitrogen and oxygen atoms in total. The van der Waals surface area contributed by atoms with E-state index < -0.39 is 35.2 Å². The third-order valence-corrected chi connectivity index (χ3v) is 19.3. The number of aliphatic hydroxyl groups excluding tert-OH is 2. The molecule has 6 aliphatic rings. The Balaban J connectivity index is 1.06. The van der Waals surface area contributed by atoms with Gasteiger partial charge in [0.25, 0.3) is 0 Å². The highest BCUT2D eigenvalue weighted by Gasteiger charge is 2.74. The number of rotatable bonds is 16. The van der Waals surface area contributed by atoms with E-state index in [-0.39, 0.29) is 36.3 Å². The van der Waals surface area contributed by atoms with Crippen molar-refractivity contribution in [3.8, 4) is 0 Å². The standard InChI is InChI=1S/C57H82O7/c1-40(15-14-18-43-16-8-5-9-17-43)21-22-49(59)57-50(60)27-30-53(4,52(57)48(64-42(3)58)35-41(2)56(57,62)34-24-44-36-51(61)63-39-44)46-25-32-54(33-26-46)31-23-45(37-54)38-55(28-12-7-13-29-55)47-19-10-6-11-20-47/h5-6,8-11,16-17,19-20,36,40-41,45-46,48-50,52,59-60,62H,7,12-15,18,21-35,37-39H2,1-4H3/t40-,41-,45-,46?,48-,49+,50+,52+,53+,54?,56-,57+/m1/s1. The van der Waals surface area contributed by atoms with Gasteiger partial charge in [-0.15, -0.1) is 0 Å². The summed E-state index contributed by atoms with van der Waals surface area (Å²) in [5, 5.41) is 39.6. The Morgan fingerprint density at radius 2 is 1.56 bits per heavy atom. The van der Waals surface area contributed by atoms with Crippen LogP contribution in [-0.4, -0.2) is 57.8 Å². The lowest BCUT2D eigenvalue weighted by atomic mass is 9.37. The van der Waals surface area contributed by atoms with E-state index >= 15 is 0 Å². The van der Waals surface area contributed by atoms with Crippen LogP contribution >= 0.6 is 0 Å². The van der Waals surface area contributed by atoms with Crippen LogP contribution in [0, 0.1) is 45.8 Å². The quantitative estimate of drug-likeness (QED) is 0.144. The first kappa shape index (κ1) is 47.5. The van der Waals surface area contributed by atoms with Crippen LogP contribution in [0.15, 0.2) is 72.3 Å². The van der Waals surface area contributed by atoms with E-state index in [1.807, 2.05) is 6.92 Å². The zero-order valence-electron chi connectivity index (χ0n) is 39.9. The maximum absolute atomic E-state index is 13.7. The topological polar surface area (TPSA) is 113 Å². The molecule has 10 atom stereocenters. The van der Waals surface area contributed by atoms with E-state index in [0.29, 0.717) is 48.3 Å². The van der Waals surface area contributed by atoms with Crippen molar-refractivity contribution in [2.75, 3.05) is 6.61 Å². The first-order valence-electron chi connectivity index (χ1n) is 25.9. The molecule has 3 N–H and O–H groups in total. The van der Waals surface area contributed by atoms with Gasteiger partial charge in [0.1, 0.15) is 12.7 Å². The number of aryl methyl sites for hydroxylation is 1. The van der Waals surface area contributed by atoms with Gasteiger partial charge < -0.3 is 24.8 Å². The number of fused-ring (bicyclic) bond motifs is 1. The number of carbonyl (C=O) groups excluding carboxylic acids is 2. The van der Waals surface area contributed by atoms with E-state index in [0.717, 1.165) is 56.4 Å². The van der Waals surface area contributed by atoms with Crippen LogP contribution in [0.5, 0.6) is 0 Å². The van der Waals surface area contributed by atoms with E-state index in [4.69, 9.17) is 9.47 Å². The minimum absolute atomic E-state index is 0.205. The fourth-order valence-electron chi connectivity index (χ4n) is 16.0. The molecule has 7 heteroatoms. The molecule has 0 unspecified atom stereocenters. The number of esters is 2. The summed E-state index contributed by atoms with van der Waals surface area (Å²) >= 11 is 0. The van der Waals surface area contributed by atoms with Gasteiger partial charge >= 0.3 is 11.9 Å². The van der Waals surface area contributed by atoms with Gasteiger partial charge in [0.05, 0.1) is 23.2 Å². The highest BCUT2D eigenvalue weighted by Crippen LogP contribution is 2.70. The van der Waals surface area contributed by atoms with Gasteiger partial charge in [-0.2, -0.15) is 0 Å². The van der Waals surface area contributed by atoms with Crippen molar-refractivity contribution >= 4 is 11.9 Å². The highest BCUT2D eigenvalue weighted by molar-refractivity contribution is 5.85. The molecule has 0 saturated heterocycles. The van der Waals surface area contributed by atoms with Crippen LogP contribution in [0.3, 0.4) is 0 Å². The summed E-state index contributed by atoms with van der Waals surface area (Å²) in [6.07, 6.45) is 22.2. The van der Waals surface area contributed by atoms with E-state index in [1.165, 1.54) is 83.1 Å². The fraction of sp³-hybridized carbons (Fsp3) is 0.719. The Morgan fingerprint density at radius 1 is 0.875 bits per heavy atom. The monoisotopic (exact) mass is 879 g/mol. The van der Waals surface area contributed by atoms with E-state index in [2.05, 4.69) is 74.5 Å². The number of hydrogen-bond donors (Lipinski definition) is 3. The van der Waals surface area contributed by atoms with Gasteiger partial charge in [0, 0.05) is 18.9 Å². The van der Waals surface area contributed by atoms with Crippen LogP contribution in [0.1, 0.15) is 180 Å². The molecule has 0 radical (unpaired) electrons.